The van der Waals surface area contributed by atoms with Crippen molar-refractivity contribution in [2.45, 2.75) is 12.8 Å². The largest absolute Gasteiger partial charge is 0.508 e. The number of nitrogens with one attached hydrogen (secondary N) is 1. The van der Waals surface area contributed by atoms with E-state index in [1.165, 1.54) is 6.21 Å². The van der Waals surface area contributed by atoms with E-state index in [4.69, 9.17) is 0 Å². The van der Waals surface area contributed by atoms with Crippen LogP contribution in [0.1, 0.15) is 28.8 Å². The zero-order valence-corrected chi connectivity index (χ0v) is 14.3. The lowest BCUT2D eigenvalue weighted by atomic mass is 9.95. The van der Waals surface area contributed by atoms with E-state index in [1.54, 1.807) is 41.3 Å². The molecule has 2 aromatic rings. The fourth-order valence-electron chi connectivity index (χ4n) is 2.97. The fourth-order valence-corrected chi connectivity index (χ4v) is 2.97. The molecule has 0 bridgehead atoms. The molecular weight excluding hydrogens is 330 g/mol. The number of piperidine rings is 1. The molecular formula is C20H21N3O3. The molecule has 2 aromatic carbocycles. The van der Waals surface area contributed by atoms with Gasteiger partial charge in [0.1, 0.15) is 5.75 Å². The van der Waals surface area contributed by atoms with Crippen molar-refractivity contribution >= 4 is 18.0 Å². The molecule has 0 saturated carbocycles. The van der Waals surface area contributed by atoms with Crippen LogP contribution in [0.4, 0.5) is 0 Å². The molecule has 1 heterocycles. The van der Waals surface area contributed by atoms with E-state index in [-0.39, 0.29) is 23.5 Å². The molecule has 1 fully saturated rings. The van der Waals surface area contributed by atoms with Crippen LogP contribution in [0.15, 0.2) is 59.7 Å². The number of amides is 2. The number of aromatic hydroxyl groups is 1. The Balaban J connectivity index is 1.48. The van der Waals surface area contributed by atoms with Crippen molar-refractivity contribution in [2.75, 3.05) is 13.1 Å². The molecule has 0 unspecified atom stereocenters. The van der Waals surface area contributed by atoms with Crippen LogP contribution in [-0.2, 0) is 4.79 Å². The number of phenols is 1. The highest BCUT2D eigenvalue weighted by molar-refractivity contribution is 5.94. The second kappa shape index (κ2) is 8.29. The Hall–Kier alpha value is -3.15. The van der Waals surface area contributed by atoms with Crippen molar-refractivity contribution in [3.8, 4) is 5.75 Å². The standard InChI is InChI=1S/C20H21N3O3/c24-18-8-4-5-15(13-18)14-21-22-19(25)16-9-11-23(12-10-16)20(26)17-6-2-1-3-7-17/h1-8,13-14,16,24H,9-12H2,(H,22,25)/b21-14-. The van der Waals surface area contributed by atoms with Crippen LogP contribution in [0.3, 0.4) is 0 Å². The number of hydrogen-bond acceptors (Lipinski definition) is 4. The third-order valence-corrected chi connectivity index (χ3v) is 4.43. The molecule has 2 N–H and O–H groups in total. The smallest absolute Gasteiger partial charge is 0.253 e. The van der Waals surface area contributed by atoms with E-state index in [9.17, 15) is 14.7 Å². The van der Waals surface area contributed by atoms with Gasteiger partial charge in [-0.1, -0.05) is 30.3 Å². The van der Waals surface area contributed by atoms with Gasteiger partial charge in [0.2, 0.25) is 5.91 Å². The summed E-state index contributed by atoms with van der Waals surface area (Å²) in [7, 11) is 0. The molecule has 26 heavy (non-hydrogen) atoms. The van der Waals surface area contributed by atoms with Crippen molar-refractivity contribution < 1.29 is 14.7 Å². The second-order valence-corrected chi connectivity index (χ2v) is 6.26. The zero-order valence-electron chi connectivity index (χ0n) is 14.3. The molecule has 0 spiro atoms. The van der Waals surface area contributed by atoms with Gasteiger partial charge in [-0.15, -0.1) is 0 Å². The summed E-state index contributed by atoms with van der Waals surface area (Å²) in [4.78, 5) is 26.4. The first-order valence-electron chi connectivity index (χ1n) is 8.60. The Bertz CT molecular complexity index is 797. The van der Waals surface area contributed by atoms with E-state index in [2.05, 4.69) is 10.5 Å². The highest BCUT2D eigenvalue weighted by Gasteiger charge is 2.27. The molecule has 0 atom stereocenters. The summed E-state index contributed by atoms with van der Waals surface area (Å²) in [5, 5.41) is 13.3. The Morgan fingerprint density at radius 3 is 2.50 bits per heavy atom. The van der Waals surface area contributed by atoms with Crippen molar-refractivity contribution in [1.82, 2.24) is 10.3 Å². The summed E-state index contributed by atoms with van der Waals surface area (Å²) in [6.45, 7) is 1.12. The van der Waals surface area contributed by atoms with Crippen LogP contribution in [0.25, 0.3) is 0 Å². The molecule has 0 aromatic heterocycles. The van der Waals surface area contributed by atoms with Crippen molar-refractivity contribution in [1.29, 1.82) is 0 Å². The Labute approximate surface area is 152 Å². The lowest BCUT2D eigenvalue weighted by Gasteiger charge is -2.31. The molecule has 0 radical (unpaired) electrons. The number of hydrazone groups is 1. The van der Waals surface area contributed by atoms with Crippen LogP contribution in [0.5, 0.6) is 5.75 Å². The predicted molar refractivity (Wildman–Crippen MR) is 98.9 cm³/mol. The SMILES string of the molecule is O=C(N/N=C\c1cccc(O)c1)C1CCN(C(=O)c2ccccc2)CC1. The third kappa shape index (κ3) is 4.47. The zero-order chi connectivity index (χ0) is 18.4. The molecule has 1 saturated heterocycles. The lowest BCUT2D eigenvalue weighted by Crippen LogP contribution is -2.42. The van der Waals surface area contributed by atoms with Gasteiger partial charge in [-0.3, -0.25) is 9.59 Å². The van der Waals surface area contributed by atoms with Gasteiger partial charge in [-0.25, -0.2) is 5.43 Å². The van der Waals surface area contributed by atoms with Crippen LogP contribution >= 0.6 is 0 Å². The molecule has 2 amide bonds. The van der Waals surface area contributed by atoms with Crippen LogP contribution in [0.2, 0.25) is 0 Å². The number of carbonyl (C=O) groups is 2. The number of benzene rings is 2. The molecule has 6 nitrogen and oxygen atoms in total. The van der Waals surface area contributed by atoms with E-state index >= 15 is 0 Å². The second-order valence-electron chi connectivity index (χ2n) is 6.26. The summed E-state index contributed by atoms with van der Waals surface area (Å²) >= 11 is 0. The van der Waals surface area contributed by atoms with Gasteiger partial charge >= 0.3 is 0 Å². The van der Waals surface area contributed by atoms with Crippen molar-refractivity contribution in [3.63, 3.8) is 0 Å². The number of nitrogens with zero attached hydrogens (tertiary/aromatic N) is 2. The van der Waals surface area contributed by atoms with Crippen LogP contribution < -0.4 is 5.43 Å². The average Bonchev–Trinajstić information content (AvgIpc) is 2.68. The number of hydrogen-bond donors (Lipinski definition) is 2. The molecule has 3 rings (SSSR count). The number of likely N-dealkylation sites (tertiary alicyclic amines) is 1. The molecule has 1 aliphatic rings. The van der Waals surface area contributed by atoms with Crippen LogP contribution in [0, 0.1) is 5.92 Å². The first-order chi connectivity index (χ1) is 12.6. The quantitative estimate of drug-likeness (QED) is 0.655. The first kappa shape index (κ1) is 17.7. The van der Waals surface area contributed by atoms with Crippen molar-refractivity contribution in [2.24, 2.45) is 11.0 Å². The third-order valence-electron chi connectivity index (χ3n) is 4.43. The number of carbonyl (C=O) groups excluding carboxylic acids is 2. The highest BCUT2D eigenvalue weighted by atomic mass is 16.3. The maximum atomic E-state index is 12.4. The van der Waals surface area contributed by atoms with Gasteiger partial charge in [0.25, 0.3) is 5.91 Å². The van der Waals surface area contributed by atoms with Crippen molar-refractivity contribution in [3.05, 3.63) is 65.7 Å². The summed E-state index contributed by atoms with van der Waals surface area (Å²) in [5.74, 6) is -0.147. The van der Waals surface area contributed by atoms with Crippen LogP contribution in [-0.4, -0.2) is 41.1 Å². The van der Waals surface area contributed by atoms with Gasteiger partial charge in [0, 0.05) is 24.6 Å². The Kier molecular flexibility index (Phi) is 5.63. The van der Waals surface area contributed by atoms with Gasteiger partial charge in [-0.05, 0) is 42.7 Å². The van der Waals surface area contributed by atoms with Gasteiger partial charge < -0.3 is 10.0 Å². The number of phenolic OH excluding ortho intramolecular Hbond substituents is 1. The normalized spacial score (nSPS) is 15.2. The van der Waals surface area contributed by atoms with Gasteiger partial charge in [0.15, 0.2) is 0 Å². The lowest BCUT2D eigenvalue weighted by molar-refractivity contribution is -0.126. The topological polar surface area (TPSA) is 82.0 Å². The van der Waals surface area contributed by atoms with E-state index in [0.717, 1.165) is 0 Å². The number of rotatable bonds is 4. The minimum Gasteiger partial charge on any atom is -0.508 e. The highest BCUT2D eigenvalue weighted by Crippen LogP contribution is 2.19. The predicted octanol–water partition coefficient (Wildman–Crippen LogP) is 2.39. The summed E-state index contributed by atoms with van der Waals surface area (Å²) in [5.41, 5.74) is 3.92. The molecule has 0 aliphatic carbocycles. The molecule has 1 aliphatic heterocycles. The summed E-state index contributed by atoms with van der Waals surface area (Å²) < 4.78 is 0. The maximum Gasteiger partial charge on any atom is 0.253 e. The first-order valence-corrected chi connectivity index (χ1v) is 8.60. The fraction of sp³-hybridized carbons (Fsp3) is 0.250. The summed E-state index contributed by atoms with van der Waals surface area (Å²) in [6.07, 6.45) is 2.73. The minimum absolute atomic E-state index is 0.00589. The maximum absolute atomic E-state index is 12.4. The van der Waals surface area contributed by atoms with E-state index < -0.39 is 0 Å². The van der Waals surface area contributed by atoms with E-state index in [0.29, 0.717) is 37.1 Å². The molecule has 6 heteroatoms. The van der Waals surface area contributed by atoms with E-state index in [1.807, 2.05) is 18.2 Å². The molecule has 134 valence electrons. The minimum atomic E-state index is -0.156. The van der Waals surface area contributed by atoms with Gasteiger partial charge in [-0.2, -0.15) is 5.10 Å². The summed E-state index contributed by atoms with van der Waals surface area (Å²) in [6, 6.07) is 15.8. The Morgan fingerprint density at radius 2 is 1.81 bits per heavy atom. The monoisotopic (exact) mass is 351 g/mol. The Morgan fingerprint density at radius 1 is 1.08 bits per heavy atom. The van der Waals surface area contributed by atoms with Gasteiger partial charge in [0.05, 0.1) is 6.21 Å². The average molecular weight is 351 g/mol.